The van der Waals surface area contributed by atoms with Crippen molar-refractivity contribution in [3.63, 3.8) is 0 Å². The van der Waals surface area contributed by atoms with Gasteiger partial charge in [0.2, 0.25) is 0 Å². The van der Waals surface area contributed by atoms with Gasteiger partial charge in [-0.05, 0) is 41.9 Å². The van der Waals surface area contributed by atoms with Crippen LogP contribution in [0, 0.1) is 5.41 Å². The minimum atomic E-state index is -1.24. The van der Waals surface area contributed by atoms with Crippen LogP contribution >= 0.6 is 28.3 Å². The molecular formula is C13H17BrClNO5. The fourth-order valence-electron chi connectivity index (χ4n) is 1.83. The largest absolute Gasteiger partial charge is 0.506 e. The summed E-state index contributed by atoms with van der Waals surface area (Å²) in [6.45, 7) is 3.05. The van der Waals surface area contributed by atoms with E-state index >= 15 is 0 Å². The molecule has 21 heavy (non-hydrogen) atoms. The molecule has 4 N–H and O–H groups in total. The lowest BCUT2D eigenvalue weighted by Crippen LogP contribution is -2.38. The van der Waals surface area contributed by atoms with Crippen molar-refractivity contribution in [2.24, 2.45) is 11.1 Å². The number of benzene rings is 1. The molecule has 0 radical (unpaired) electrons. The fraction of sp³-hybridized carbons (Fsp3) is 0.385. The summed E-state index contributed by atoms with van der Waals surface area (Å²) in [5, 5.41) is 19.3. The molecule has 0 saturated heterocycles. The minimum absolute atomic E-state index is 0. The number of methoxy groups -OCH3 is 1. The lowest BCUT2D eigenvalue weighted by Gasteiger charge is -2.30. The number of phenols is 1. The van der Waals surface area contributed by atoms with Crippen LogP contribution in [-0.4, -0.2) is 29.3 Å². The zero-order valence-electron chi connectivity index (χ0n) is 11.7. The highest BCUT2D eigenvalue weighted by atomic mass is 79.9. The number of carboxylic acids is 1. The topological polar surface area (TPSA) is 110 Å². The second kappa shape index (κ2) is 7.11. The lowest BCUT2D eigenvalue weighted by atomic mass is 9.79. The summed E-state index contributed by atoms with van der Waals surface area (Å²) in [7, 11) is 1.22. The van der Waals surface area contributed by atoms with Gasteiger partial charge in [-0.2, -0.15) is 0 Å². The molecule has 118 valence electrons. The van der Waals surface area contributed by atoms with Gasteiger partial charge in [0, 0.05) is 11.6 Å². The van der Waals surface area contributed by atoms with Crippen molar-refractivity contribution in [3.8, 4) is 5.75 Å². The number of nitrogens with two attached hydrogens (primary N) is 1. The number of esters is 1. The van der Waals surface area contributed by atoms with Gasteiger partial charge in [-0.15, -0.1) is 12.4 Å². The maximum absolute atomic E-state index is 11.8. The molecule has 1 atom stereocenters. The van der Waals surface area contributed by atoms with Gasteiger partial charge in [0.15, 0.2) is 0 Å². The Morgan fingerprint density at radius 2 is 1.90 bits per heavy atom. The summed E-state index contributed by atoms with van der Waals surface area (Å²) in [6.07, 6.45) is 0. The fourth-order valence-corrected chi connectivity index (χ4v) is 2.18. The van der Waals surface area contributed by atoms with Crippen LogP contribution in [0.25, 0.3) is 0 Å². The molecule has 1 aromatic carbocycles. The molecule has 6 nitrogen and oxygen atoms in total. The van der Waals surface area contributed by atoms with Crippen molar-refractivity contribution in [3.05, 3.63) is 27.7 Å². The first-order valence-corrected chi connectivity index (χ1v) is 6.52. The van der Waals surface area contributed by atoms with E-state index < -0.39 is 23.4 Å². The van der Waals surface area contributed by atoms with Crippen molar-refractivity contribution in [2.45, 2.75) is 19.9 Å². The number of aromatic carboxylic acids is 1. The molecule has 8 heteroatoms. The Labute approximate surface area is 136 Å². The van der Waals surface area contributed by atoms with E-state index in [4.69, 9.17) is 5.73 Å². The first kappa shape index (κ1) is 19.7. The average molecular weight is 383 g/mol. The summed E-state index contributed by atoms with van der Waals surface area (Å²) in [5.41, 5.74) is 4.65. The summed E-state index contributed by atoms with van der Waals surface area (Å²) < 4.78 is 4.97. The summed E-state index contributed by atoms with van der Waals surface area (Å²) in [5.74, 6) is -2.13. The van der Waals surface area contributed by atoms with Gasteiger partial charge in [-0.3, -0.25) is 4.79 Å². The first-order valence-electron chi connectivity index (χ1n) is 5.73. The zero-order chi connectivity index (χ0) is 15.7. The highest BCUT2D eigenvalue weighted by molar-refractivity contribution is 9.10. The zero-order valence-corrected chi connectivity index (χ0v) is 14.1. The van der Waals surface area contributed by atoms with Crippen LogP contribution < -0.4 is 5.73 Å². The molecule has 0 fully saturated rings. The molecule has 1 aromatic rings. The molecule has 0 bridgehead atoms. The van der Waals surface area contributed by atoms with Crippen LogP contribution in [-0.2, 0) is 9.53 Å². The second-order valence-electron chi connectivity index (χ2n) is 4.85. The minimum Gasteiger partial charge on any atom is -0.506 e. The molecule has 0 aromatic heterocycles. The monoisotopic (exact) mass is 381 g/mol. The highest BCUT2D eigenvalue weighted by Gasteiger charge is 2.40. The number of ether oxygens (including phenoxy) is 1. The first-order chi connectivity index (χ1) is 9.14. The molecule has 0 aliphatic carbocycles. The molecule has 0 aliphatic rings. The third-order valence-electron chi connectivity index (χ3n) is 3.20. The van der Waals surface area contributed by atoms with Gasteiger partial charge in [0.25, 0.3) is 0 Å². The SMILES string of the molecule is COC(=O)C(C)(C)[C@@H](N)c1c(C(=O)O)ccc(Br)c1O.Cl. The Morgan fingerprint density at radius 1 is 1.38 bits per heavy atom. The van der Waals surface area contributed by atoms with Gasteiger partial charge >= 0.3 is 11.9 Å². The summed E-state index contributed by atoms with van der Waals surface area (Å²) in [6, 6.07) is 1.67. The van der Waals surface area contributed by atoms with E-state index in [9.17, 15) is 19.8 Å². The van der Waals surface area contributed by atoms with E-state index in [0.29, 0.717) is 4.47 Å². The average Bonchev–Trinajstić information content (AvgIpc) is 2.39. The van der Waals surface area contributed by atoms with Crippen LogP contribution in [0.4, 0.5) is 0 Å². The number of rotatable bonds is 4. The Hall–Kier alpha value is -1.31. The van der Waals surface area contributed by atoms with Crippen molar-refractivity contribution >= 4 is 40.3 Å². The van der Waals surface area contributed by atoms with Crippen LogP contribution in [0.2, 0.25) is 0 Å². The number of carbonyl (C=O) groups excluding carboxylic acids is 1. The van der Waals surface area contributed by atoms with E-state index in [2.05, 4.69) is 20.7 Å². The lowest BCUT2D eigenvalue weighted by molar-refractivity contribution is -0.152. The normalized spacial score (nSPS) is 12.2. The third kappa shape index (κ3) is 3.66. The van der Waals surface area contributed by atoms with Crippen molar-refractivity contribution in [2.75, 3.05) is 7.11 Å². The highest BCUT2D eigenvalue weighted by Crippen LogP contribution is 2.41. The Morgan fingerprint density at radius 3 is 2.33 bits per heavy atom. The Kier molecular flexibility index (Phi) is 6.66. The van der Waals surface area contributed by atoms with E-state index in [1.54, 1.807) is 0 Å². The molecule has 0 saturated carbocycles. The number of carbonyl (C=O) groups is 2. The van der Waals surface area contributed by atoms with E-state index in [-0.39, 0.29) is 29.3 Å². The second-order valence-corrected chi connectivity index (χ2v) is 5.71. The van der Waals surface area contributed by atoms with Crippen LogP contribution in [0.3, 0.4) is 0 Å². The van der Waals surface area contributed by atoms with Gasteiger partial charge in [-0.25, -0.2) is 4.79 Å². The number of aromatic hydroxyl groups is 1. The number of halogens is 2. The molecule has 0 amide bonds. The molecular weight excluding hydrogens is 366 g/mol. The van der Waals surface area contributed by atoms with Crippen molar-refractivity contribution in [1.82, 2.24) is 0 Å². The van der Waals surface area contributed by atoms with E-state index in [1.807, 2.05) is 0 Å². The smallest absolute Gasteiger partial charge is 0.336 e. The third-order valence-corrected chi connectivity index (χ3v) is 3.84. The van der Waals surface area contributed by atoms with Crippen molar-refractivity contribution in [1.29, 1.82) is 0 Å². The summed E-state index contributed by atoms with van der Waals surface area (Å²) in [4.78, 5) is 23.0. The Balaban J connectivity index is 0.00000400. The maximum atomic E-state index is 11.8. The maximum Gasteiger partial charge on any atom is 0.336 e. The molecule has 0 heterocycles. The van der Waals surface area contributed by atoms with Crippen LogP contribution in [0.5, 0.6) is 5.75 Å². The van der Waals surface area contributed by atoms with E-state index in [0.717, 1.165) is 0 Å². The quantitative estimate of drug-likeness (QED) is 0.690. The molecule has 1 rings (SSSR count). The van der Waals surface area contributed by atoms with E-state index in [1.165, 1.54) is 33.1 Å². The Bertz CT molecular complexity index is 562. The summed E-state index contributed by atoms with van der Waals surface area (Å²) >= 11 is 3.10. The van der Waals surface area contributed by atoms with Crippen LogP contribution in [0.1, 0.15) is 35.8 Å². The number of hydrogen-bond donors (Lipinski definition) is 3. The predicted octanol–water partition coefficient (Wildman–Crippen LogP) is 2.47. The number of phenolic OH excluding ortho intramolecular Hbond substituents is 1. The molecule has 0 aliphatic heterocycles. The van der Waals surface area contributed by atoms with Gasteiger partial charge in [-0.1, -0.05) is 0 Å². The van der Waals surface area contributed by atoms with Gasteiger partial charge < -0.3 is 20.7 Å². The standard InChI is InChI=1S/C13H16BrNO5.ClH/c1-13(2,12(19)20-3)10(15)8-6(11(17)18)4-5-7(14)9(8)16;/h4-5,10,16H,15H2,1-3H3,(H,17,18);1H/t10-;/m0./s1. The van der Waals surface area contributed by atoms with Gasteiger partial charge in [0.05, 0.1) is 22.6 Å². The van der Waals surface area contributed by atoms with Crippen LogP contribution in [0.15, 0.2) is 16.6 Å². The number of hydrogen-bond acceptors (Lipinski definition) is 5. The number of carboxylic acid groups (broad SMARTS) is 1. The molecule has 0 unspecified atom stereocenters. The predicted molar refractivity (Wildman–Crippen MR) is 82.7 cm³/mol. The van der Waals surface area contributed by atoms with Gasteiger partial charge in [0.1, 0.15) is 5.75 Å². The van der Waals surface area contributed by atoms with Crippen molar-refractivity contribution < 1.29 is 24.5 Å². The molecule has 0 spiro atoms.